The summed E-state index contributed by atoms with van der Waals surface area (Å²) >= 11 is 0. The maximum Gasteiger partial charge on any atom is 0.426 e. The summed E-state index contributed by atoms with van der Waals surface area (Å²) in [7, 11) is 0. The van der Waals surface area contributed by atoms with Gasteiger partial charge in [-0.2, -0.15) is 0 Å². The molecule has 0 atom stereocenters. The quantitative estimate of drug-likeness (QED) is 0.841. The number of amides is 2. The summed E-state index contributed by atoms with van der Waals surface area (Å²) in [6.45, 7) is 7.79. The molecule has 1 saturated heterocycles. The van der Waals surface area contributed by atoms with E-state index in [0.29, 0.717) is 5.56 Å². The molecule has 0 spiro atoms. The van der Waals surface area contributed by atoms with Gasteiger partial charge >= 0.3 is 6.09 Å². The van der Waals surface area contributed by atoms with Gasteiger partial charge in [0, 0.05) is 13.1 Å². The zero-order valence-electron chi connectivity index (χ0n) is 13.4. The smallest absolute Gasteiger partial charge is 0.426 e. The van der Waals surface area contributed by atoms with E-state index in [0.717, 1.165) is 42.7 Å². The van der Waals surface area contributed by atoms with E-state index < -0.39 is 6.09 Å². The molecule has 0 aromatic heterocycles. The topological polar surface area (TPSA) is 70.7 Å². The number of nitrogens with zero attached hydrogens (tertiary/aromatic N) is 1. The van der Waals surface area contributed by atoms with E-state index in [9.17, 15) is 9.59 Å². The van der Waals surface area contributed by atoms with E-state index in [2.05, 4.69) is 15.8 Å². The predicted octanol–water partition coefficient (Wildman–Crippen LogP) is 2.29. The van der Waals surface area contributed by atoms with E-state index in [-0.39, 0.29) is 12.5 Å². The highest BCUT2D eigenvalue weighted by Gasteiger charge is 2.22. The first-order chi connectivity index (χ1) is 10.5. The molecule has 2 N–H and O–H groups in total. The molecular weight excluding hydrogens is 282 g/mol. The van der Waals surface area contributed by atoms with Crippen molar-refractivity contribution >= 4 is 17.7 Å². The van der Waals surface area contributed by atoms with Gasteiger partial charge in [0.05, 0.1) is 17.9 Å². The first-order valence-corrected chi connectivity index (χ1v) is 7.62. The van der Waals surface area contributed by atoms with Crippen LogP contribution in [-0.4, -0.2) is 31.7 Å². The number of benzene rings is 1. The Kier molecular flexibility index (Phi) is 5.25. The summed E-state index contributed by atoms with van der Waals surface area (Å²) in [6, 6.07) is 4.00. The molecule has 1 heterocycles. The van der Waals surface area contributed by atoms with Crippen LogP contribution in [0.2, 0.25) is 0 Å². The van der Waals surface area contributed by atoms with Gasteiger partial charge in [0.2, 0.25) is 0 Å². The van der Waals surface area contributed by atoms with Crippen LogP contribution >= 0.6 is 0 Å². The monoisotopic (exact) mass is 305 g/mol. The lowest BCUT2D eigenvalue weighted by Gasteiger charge is -2.23. The molecule has 22 heavy (non-hydrogen) atoms. The zero-order valence-corrected chi connectivity index (χ0v) is 13.4. The van der Waals surface area contributed by atoms with Gasteiger partial charge in [-0.3, -0.25) is 10.2 Å². The fraction of sp³-hybridized carbons (Fsp3) is 0.500. The number of hydrazine groups is 1. The molecule has 0 saturated carbocycles. The summed E-state index contributed by atoms with van der Waals surface area (Å²) in [5.74, 6) is -0.326. The van der Waals surface area contributed by atoms with Gasteiger partial charge in [-0.15, -0.1) is 0 Å². The average Bonchev–Trinajstić information content (AvgIpc) is 2.98. The second-order valence-corrected chi connectivity index (χ2v) is 5.47. The highest BCUT2D eigenvalue weighted by molar-refractivity contribution is 6.01. The van der Waals surface area contributed by atoms with Gasteiger partial charge in [0.15, 0.2) is 0 Å². The van der Waals surface area contributed by atoms with Gasteiger partial charge in [-0.1, -0.05) is 6.07 Å². The summed E-state index contributed by atoms with van der Waals surface area (Å²) < 4.78 is 4.73. The van der Waals surface area contributed by atoms with Crippen molar-refractivity contribution in [3.05, 3.63) is 28.8 Å². The number of carbonyl (C=O) groups excluding carboxylic acids is 2. The molecule has 0 unspecified atom stereocenters. The number of ether oxygens (including phenoxy) is 1. The van der Waals surface area contributed by atoms with E-state index in [1.54, 1.807) is 6.92 Å². The lowest BCUT2D eigenvalue weighted by Crippen LogP contribution is -2.42. The molecule has 2 amide bonds. The third kappa shape index (κ3) is 3.69. The number of aryl methyl sites for hydroxylation is 2. The summed E-state index contributed by atoms with van der Waals surface area (Å²) in [5.41, 5.74) is 8.22. The third-order valence-electron chi connectivity index (χ3n) is 3.69. The SMILES string of the molecule is CCOC(=O)NNC(=O)c1c(C)cc(C)cc1N1CCCC1. The van der Waals surface area contributed by atoms with Crippen LogP contribution in [0.25, 0.3) is 0 Å². The van der Waals surface area contributed by atoms with Crippen molar-refractivity contribution in [2.75, 3.05) is 24.6 Å². The fourth-order valence-corrected chi connectivity index (χ4v) is 2.79. The van der Waals surface area contributed by atoms with Crippen LogP contribution < -0.4 is 15.8 Å². The molecule has 2 rings (SSSR count). The molecule has 6 heteroatoms. The molecule has 6 nitrogen and oxygen atoms in total. The van der Waals surface area contributed by atoms with Gasteiger partial charge in [0.1, 0.15) is 0 Å². The standard InChI is InChI=1S/C16H23N3O3/c1-4-22-16(21)18-17-15(20)14-12(3)9-11(2)10-13(14)19-7-5-6-8-19/h9-10H,4-8H2,1-3H3,(H,17,20)(H,18,21). The van der Waals surface area contributed by atoms with Gasteiger partial charge in [0.25, 0.3) is 5.91 Å². The maximum absolute atomic E-state index is 12.5. The van der Waals surface area contributed by atoms with E-state index in [4.69, 9.17) is 4.74 Å². The predicted molar refractivity (Wildman–Crippen MR) is 85.0 cm³/mol. The van der Waals surface area contributed by atoms with Crippen molar-refractivity contribution in [1.82, 2.24) is 10.9 Å². The second-order valence-electron chi connectivity index (χ2n) is 5.47. The normalized spacial score (nSPS) is 13.9. The number of nitrogens with one attached hydrogen (secondary N) is 2. The van der Waals surface area contributed by atoms with Crippen molar-refractivity contribution in [3.63, 3.8) is 0 Å². The van der Waals surface area contributed by atoms with Crippen molar-refractivity contribution in [2.24, 2.45) is 0 Å². The summed E-state index contributed by atoms with van der Waals surface area (Å²) in [5, 5.41) is 0. The van der Waals surface area contributed by atoms with Crippen LogP contribution in [0.3, 0.4) is 0 Å². The van der Waals surface area contributed by atoms with E-state index in [1.807, 2.05) is 26.0 Å². The highest BCUT2D eigenvalue weighted by atomic mass is 16.5. The minimum Gasteiger partial charge on any atom is -0.449 e. The Hall–Kier alpha value is -2.24. The third-order valence-corrected chi connectivity index (χ3v) is 3.69. The van der Waals surface area contributed by atoms with Crippen molar-refractivity contribution in [3.8, 4) is 0 Å². The zero-order chi connectivity index (χ0) is 16.1. The molecule has 0 aliphatic carbocycles. The minimum absolute atomic E-state index is 0.254. The number of hydrogen-bond donors (Lipinski definition) is 2. The molecule has 1 aromatic carbocycles. The number of anilines is 1. The summed E-state index contributed by atoms with van der Waals surface area (Å²) in [4.78, 5) is 26.0. The molecule has 1 aliphatic rings. The lowest BCUT2D eigenvalue weighted by atomic mass is 10.0. The van der Waals surface area contributed by atoms with Crippen LogP contribution in [0.1, 0.15) is 41.3 Å². The first kappa shape index (κ1) is 16.1. The Labute approximate surface area is 130 Å². The Morgan fingerprint density at radius 3 is 2.50 bits per heavy atom. The van der Waals surface area contributed by atoms with E-state index in [1.165, 1.54) is 0 Å². The number of hydrogen-bond acceptors (Lipinski definition) is 4. The molecule has 1 fully saturated rings. The van der Waals surface area contributed by atoms with E-state index >= 15 is 0 Å². The average molecular weight is 305 g/mol. The van der Waals surface area contributed by atoms with Crippen LogP contribution in [0, 0.1) is 13.8 Å². The second kappa shape index (κ2) is 7.15. The maximum atomic E-state index is 12.5. The Morgan fingerprint density at radius 2 is 1.86 bits per heavy atom. The van der Waals surface area contributed by atoms with Gasteiger partial charge in [-0.05, 0) is 50.8 Å². The fourth-order valence-electron chi connectivity index (χ4n) is 2.79. The summed E-state index contributed by atoms with van der Waals surface area (Å²) in [6.07, 6.45) is 1.60. The van der Waals surface area contributed by atoms with Crippen molar-refractivity contribution < 1.29 is 14.3 Å². The number of carbonyl (C=O) groups is 2. The Morgan fingerprint density at radius 1 is 1.18 bits per heavy atom. The molecule has 0 radical (unpaired) electrons. The molecular formula is C16H23N3O3. The molecule has 1 aliphatic heterocycles. The number of rotatable bonds is 3. The largest absolute Gasteiger partial charge is 0.449 e. The van der Waals surface area contributed by atoms with Crippen LogP contribution in [0.15, 0.2) is 12.1 Å². The Balaban J connectivity index is 2.21. The first-order valence-electron chi connectivity index (χ1n) is 7.62. The molecule has 0 bridgehead atoms. The van der Waals surface area contributed by atoms with Crippen LogP contribution in [0.4, 0.5) is 10.5 Å². The molecule has 120 valence electrons. The van der Waals surface area contributed by atoms with Gasteiger partial charge in [-0.25, -0.2) is 10.2 Å². The minimum atomic E-state index is -0.664. The Bertz CT molecular complexity index is 566. The van der Waals surface area contributed by atoms with Crippen molar-refractivity contribution in [1.29, 1.82) is 0 Å². The van der Waals surface area contributed by atoms with Gasteiger partial charge < -0.3 is 9.64 Å². The highest BCUT2D eigenvalue weighted by Crippen LogP contribution is 2.28. The van der Waals surface area contributed by atoms with Crippen molar-refractivity contribution in [2.45, 2.75) is 33.6 Å². The van der Waals surface area contributed by atoms with Crippen LogP contribution in [-0.2, 0) is 4.74 Å². The lowest BCUT2D eigenvalue weighted by molar-refractivity contribution is 0.0912. The molecule has 1 aromatic rings. The van der Waals surface area contributed by atoms with Crippen LogP contribution in [0.5, 0.6) is 0 Å².